The van der Waals surface area contributed by atoms with Crippen molar-refractivity contribution in [3.63, 3.8) is 0 Å². The van der Waals surface area contributed by atoms with Crippen molar-refractivity contribution in [1.29, 1.82) is 0 Å². The second kappa shape index (κ2) is 2.49. The molecule has 48 valence electrons. The lowest BCUT2D eigenvalue weighted by atomic mass is 9.74. The smallest absolute Gasteiger partial charge is 0.00487 e. The molecule has 0 atom stereocenters. The second-order valence-corrected chi connectivity index (χ2v) is 2.85. The highest BCUT2D eigenvalue weighted by molar-refractivity contribution is 4.78. The number of nitrogens with two attached hydrogens (primary N) is 1. The van der Waals surface area contributed by atoms with Gasteiger partial charge in [-0.25, -0.2) is 0 Å². The lowest BCUT2D eigenvalue weighted by Crippen LogP contribution is -2.29. The first-order valence-electron chi connectivity index (χ1n) is 3.56. The Hall–Kier alpha value is -0.0400. The molecular weight excluding hydrogens is 98.1 g/mol. The minimum atomic E-state index is 0.875. The summed E-state index contributed by atoms with van der Waals surface area (Å²) in [5.74, 6) is 1.89. The average Bonchev–Trinajstić information content (AvgIpc) is 1.65. The van der Waals surface area contributed by atoms with E-state index in [0.29, 0.717) is 0 Å². The lowest BCUT2D eigenvalue weighted by Gasteiger charge is -2.33. The fraction of sp³-hybridized carbons (Fsp3) is 1.00. The first-order chi connectivity index (χ1) is 3.86. The molecule has 0 heterocycles. The highest BCUT2D eigenvalue weighted by Gasteiger charge is 2.25. The molecule has 1 nitrogen and oxygen atoms in total. The summed E-state index contributed by atoms with van der Waals surface area (Å²) in [7, 11) is 0. The molecule has 0 aromatic heterocycles. The van der Waals surface area contributed by atoms with E-state index in [1.54, 1.807) is 0 Å². The van der Waals surface area contributed by atoms with Crippen molar-refractivity contribution in [1.82, 2.24) is 0 Å². The summed E-state index contributed by atoms with van der Waals surface area (Å²) in [6.07, 6.45) is 4.15. The summed E-state index contributed by atoms with van der Waals surface area (Å²) in [5, 5.41) is 0. The Labute approximate surface area is 51.3 Å². The van der Waals surface area contributed by atoms with E-state index < -0.39 is 0 Å². The summed E-state index contributed by atoms with van der Waals surface area (Å²) in [6.45, 7) is 3.17. The van der Waals surface area contributed by atoms with E-state index in [4.69, 9.17) is 5.73 Å². The molecule has 1 aliphatic carbocycles. The third-order valence-corrected chi connectivity index (χ3v) is 2.24. The fourth-order valence-corrected chi connectivity index (χ4v) is 1.40. The van der Waals surface area contributed by atoms with Gasteiger partial charge in [0.15, 0.2) is 0 Å². The summed E-state index contributed by atoms with van der Waals surface area (Å²) < 4.78 is 0. The molecular formula is C7H15N. The van der Waals surface area contributed by atoms with Crippen molar-refractivity contribution in [2.24, 2.45) is 17.6 Å². The van der Waals surface area contributed by atoms with Crippen LogP contribution in [0.15, 0.2) is 0 Å². The molecule has 1 aliphatic rings. The van der Waals surface area contributed by atoms with Gasteiger partial charge >= 0.3 is 0 Å². The van der Waals surface area contributed by atoms with Crippen molar-refractivity contribution in [2.75, 3.05) is 6.54 Å². The van der Waals surface area contributed by atoms with Gasteiger partial charge < -0.3 is 5.73 Å². The summed E-state index contributed by atoms with van der Waals surface area (Å²) in [6, 6.07) is 0. The van der Waals surface area contributed by atoms with Crippen LogP contribution in [0.2, 0.25) is 0 Å². The van der Waals surface area contributed by atoms with Crippen molar-refractivity contribution in [2.45, 2.75) is 26.2 Å². The van der Waals surface area contributed by atoms with Crippen LogP contribution >= 0.6 is 0 Å². The van der Waals surface area contributed by atoms with Crippen LogP contribution in [0, 0.1) is 11.8 Å². The van der Waals surface area contributed by atoms with Crippen LogP contribution in [0.3, 0.4) is 0 Å². The van der Waals surface area contributed by atoms with Crippen LogP contribution < -0.4 is 5.73 Å². The highest BCUT2D eigenvalue weighted by atomic mass is 14.6. The average molecular weight is 113 g/mol. The molecule has 1 rings (SSSR count). The molecule has 1 fully saturated rings. The number of hydrogen-bond acceptors (Lipinski definition) is 1. The minimum absolute atomic E-state index is 0.875. The van der Waals surface area contributed by atoms with Crippen molar-refractivity contribution in [3.8, 4) is 0 Å². The Morgan fingerprint density at radius 3 is 2.38 bits per heavy atom. The van der Waals surface area contributed by atoms with Gasteiger partial charge in [-0.2, -0.15) is 0 Å². The maximum atomic E-state index is 5.45. The molecule has 0 unspecified atom stereocenters. The first kappa shape index (κ1) is 6.09. The lowest BCUT2D eigenvalue weighted by molar-refractivity contribution is 0.195. The van der Waals surface area contributed by atoms with Gasteiger partial charge in [-0.15, -0.1) is 0 Å². The largest absolute Gasteiger partial charge is 0.330 e. The summed E-state index contributed by atoms with van der Waals surface area (Å²) in [4.78, 5) is 0. The molecule has 0 spiro atoms. The molecule has 8 heavy (non-hydrogen) atoms. The van der Waals surface area contributed by atoms with E-state index in [0.717, 1.165) is 18.4 Å². The van der Waals surface area contributed by atoms with Gasteiger partial charge in [0.2, 0.25) is 0 Å². The predicted octanol–water partition coefficient (Wildman–Crippen LogP) is 1.38. The Balaban J connectivity index is 2.03. The number of rotatable bonds is 2. The molecule has 1 heteroatoms. The Morgan fingerprint density at radius 2 is 2.00 bits per heavy atom. The standard InChI is InChI=1S/C7H15N/c1-2-6-3-7(4-6)5-8/h6-7H,2-5,8H2,1H3. The topological polar surface area (TPSA) is 26.0 Å². The van der Waals surface area contributed by atoms with Gasteiger partial charge in [0.25, 0.3) is 0 Å². The third-order valence-electron chi connectivity index (χ3n) is 2.24. The van der Waals surface area contributed by atoms with Crippen LogP contribution in [-0.4, -0.2) is 6.54 Å². The zero-order valence-corrected chi connectivity index (χ0v) is 5.56. The summed E-state index contributed by atoms with van der Waals surface area (Å²) >= 11 is 0. The van der Waals surface area contributed by atoms with Crippen LogP contribution in [0.4, 0.5) is 0 Å². The Bertz CT molecular complexity index is 56.8. The summed E-state index contributed by atoms with van der Waals surface area (Å²) in [5.41, 5.74) is 5.45. The normalized spacial score (nSPS) is 36.8. The molecule has 2 N–H and O–H groups in total. The van der Waals surface area contributed by atoms with E-state index in [9.17, 15) is 0 Å². The van der Waals surface area contributed by atoms with Crippen molar-refractivity contribution in [3.05, 3.63) is 0 Å². The van der Waals surface area contributed by atoms with Crippen LogP contribution in [0.1, 0.15) is 26.2 Å². The molecule has 0 aromatic carbocycles. The zero-order chi connectivity index (χ0) is 5.98. The predicted molar refractivity (Wildman–Crippen MR) is 35.6 cm³/mol. The van der Waals surface area contributed by atoms with Gasteiger partial charge in [0.05, 0.1) is 0 Å². The van der Waals surface area contributed by atoms with E-state index in [1.165, 1.54) is 19.3 Å². The highest BCUT2D eigenvalue weighted by Crippen LogP contribution is 2.34. The Kier molecular flexibility index (Phi) is 1.90. The molecule has 0 amide bonds. The molecule has 0 saturated heterocycles. The van der Waals surface area contributed by atoms with Gasteiger partial charge in [0.1, 0.15) is 0 Å². The SMILES string of the molecule is CCC1CC(CN)C1. The maximum Gasteiger partial charge on any atom is -0.00487 e. The second-order valence-electron chi connectivity index (χ2n) is 2.85. The molecule has 0 bridgehead atoms. The van der Waals surface area contributed by atoms with E-state index in [1.807, 2.05) is 0 Å². The fourth-order valence-electron chi connectivity index (χ4n) is 1.40. The quantitative estimate of drug-likeness (QED) is 0.575. The Morgan fingerprint density at radius 1 is 1.38 bits per heavy atom. The molecule has 0 aromatic rings. The third kappa shape index (κ3) is 1.03. The van der Waals surface area contributed by atoms with Crippen molar-refractivity contribution < 1.29 is 0 Å². The molecule has 0 radical (unpaired) electrons. The van der Waals surface area contributed by atoms with Crippen molar-refractivity contribution >= 4 is 0 Å². The van der Waals surface area contributed by atoms with E-state index in [-0.39, 0.29) is 0 Å². The van der Waals surface area contributed by atoms with E-state index >= 15 is 0 Å². The monoisotopic (exact) mass is 113 g/mol. The zero-order valence-electron chi connectivity index (χ0n) is 5.56. The first-order valence-corrected chi connectivity index (χ1v) is 3.56. The van der Waals surface area contributed by atoms with E-state index in [2.05, 4.69) is 6.92 Å². The van der Waals surface area contributed by atoms with Crippen LogP contribution in [0.5, 0.6) is 0 Å². The van der Waals surface area contributed by atoms with Gasteiger partial charge in [-0.1, -0.05) is 13.3 Å². The van der Waals surface area contributed by atoms with Crippen LogP contribution in [-0.2, 0) is 0 Å². The maximum absolute atomic E-state index is 5.45. The minimum Gasteiger partial charge on any atom is -0.330 e. The molecule has 1 saturated carbocycles. The van der Waals surface area contributed by atoms with Gasteiger partial charge in [0, 0.05) is 0 Å². The van der Waals surface area contributed by atoms with Gasteiger partial charge in [-0.05, 0) is 31.2 Å². The number of hydrogen-bond donors (Lipinski definition) is 1. The van der Waals surface area contributed by atoms with Gasteiger partial charge in [-0.3, -0.25) is 0 Å². The van der Waals surface area contributed by atoms with Crippen LogP contribution in [0.25, 0.3) is 0 Å². The molecule has 0 aliphatic heterocycles.